The largest absolute Gasteiger partial charge is 0.465 e. The predicted octanol–water partition coefficient (Wildman–Crippen LogP) is 2.07. The Labute approximate surface area is 148 Å². The van der Waals surface area contributed by atoms with Crippen molar-refractivity contribution in [2.45, 2.75) is 18.5 Å². The average molecular weight is 356 g/mol. The number of aromatic nitrogens is 2. The van der Waals surface area contributed by atoms with E-state index in [1.165, 1.54) is 11.0 Å². The molecule has 2 aliphatic rings. The molecule has 0 spiro atoms. The fourth-order valence-corrected chi connectivity index (χ4v) is 3.59. The maximum Gasteiger partial charge on any atom is 0.407 e. The van der Waals surface area contributed by atoms with Gasteiger partial charge in [0.2, 0.25) is 5.82 Å². The van der Waals surface area contributed by atoms with E-state index in [0.29, 0.717) is 24.6 Å². The number of fused-ring (bicyclic) bond motifs is 2. The van der Waals surface area contributed by atoms with Crippen LogP contribution in [0.1, 0.15) is 6.42 Å². The lowest BCUT2D eigenvalue weighted by Crippen LogP contribution is -2.48. The van der Waals surface area contributed by atoms with Crippen LogP contribution in [0.3, 0.4) is 0 Å². The van der Waals surface area contributed by atoms with E-state index in [1.54, 1.807) is 30.6 Å². The van der Waals surface area contributed by atoms with E-state index < -0.39 is 11.0 Å². The van der Waals surface area contributed by atoms with E-state index in [-0.39, 0.29) is 23.6 Å². The van der Waals surface area contributed by atoms with Crippen LogP contribution in [0.5, 0.6) is 0 Å². The number of rotatable bonds is 4. The number of carboxylic acid groups (broad SMARTS) is 1. The van der Waals surface area contributed by atoms with Crippen molar-refractivity contribution >= 4 is 29.1 Å². The van der Waals surface area contributed by atoms with Gasteiger partial charge < -0.3 is 20.2 Å². The van der Waals surface area contributed by atoms with E-state index in [4.69, 9.17) is 0 Å². The van der Waals surface area contributed by atoms with Crippen LogP contribution in [0, 0.1) is 10.1 Å². The zero-order valence-electron chi connectivity index (χ0n) is 13.6. The maximum absolute atomic E-state index is 11.3. The van der Waals surface area contributed by atoms with Crippen LogP contribution in [0.2, 0.25) is 0 Å². The molecule has 10 nitrogen and oxygen atoms in total. The van der Waals surface area contributed by atoms with Crippen LogP contribution < -0.4 is 10.2 Å². The number of hydrogen-bond acceptors (Lipinski definition) is 7. The van der Waals surface area contributed by atoms with Gasteiger partial charge in [-0.05, 0) is 24.6 Å². The van der Waals surface area contributed by atoms with E-state index >= 15 is 0 Å². The normalized spacial score (nSPS) is 21.1. The molecule has 134 valence electrons. The second-order valence-corrected chi connectivity index (χ2v) is 6.29. The van der Waals surface area contributed by atoms with Crippen LogP contribution in [0.15, 0.2) is 36.7 Å². The number of likely N-dealkylation sites (tertiary alicyclic amines) is 1. The highest BCUT2D eigenvalue weighted by atomic mass is 16.6. The van der Waals surface area contributed by atoms with Gasteiger partial charge in [-0.15, -0.1) is 0 Å². The summed E-state index contributed by atoms with van der Waals surface area (Å²) in [4.78, 5) is 33.9. The minimum Gasteiger partial charge on any atom is -0.465 e. The zero-order chi connectivity index (χ0) is 18.3. The molecule has 2 saturated heterocycles. The number of pyridine rings is 2. The number of piperazine rings is 1. The Morgan fingerprint density at radius 3 is 2.62 bits per heavy atom. The Hall–Kier alpha value is -3.43. The Morgan fingerprint density at radius 1 is 1.23 bits per heavy atom. The molecule has 26 heavy (non-hydrogen) atoms. The molecule has 1 amide bonds. The standard InChI is InChI=1S/C16H16N6O4/c23-16(24)21-9-11-7-12(21)8-20(11)14-2-1-13(22(25)26)15(19-14)18-10-3-5-17-6-4-10/h1-6,11-12H,7-9H2,(H,23,24)(H,17,18,19)/t11-,12-/m1/s1. The molecule has 2 fully saturated rings. The molecule has 0 aromatic carbocycles. The molecule has 0 saturated carbocycles. The first-order valence-electron chi connectivity index (χ1n) is 8.11. The molecule has 4 rings (SSSR count). The Kier molecular flexibility index (Phi) is 3.79. The van der Waals surface area contributed by atoms with Gasteiger partial charge in [0.15, 0.2) is 0 Å². The summed E-state index contributed by atoms with van der Waals surface area (Å²) in [5, 5.41) is 23.5. The van der Waals surface area contributed by atoms with Gasteiger partial charge in [0.25, 0.3) is 0 Å². The minimum absolute atomic E-state index is 0.0406. The molecule has 0 radical (unpaired) electrons. The highest BCUT2D eigenvalue weighted by Gasteiger charge is 2.46. The van der Waals surface area contributed by atoms with E-state index in [1.807, 2.05) is 4.90 Å². The number of hydrogen-bond donors (Lipinski definition) is 2. The number of nitro groups is 1. The van der Waals surface area contributed by atoms with Crippen molar-refractivity contribution in [2.24, 2.45) is 0 Å². The number of carbonyl (C=O) groups is 1. The van der Waals surface area contributed by atoms with Gasteiger partial charge in [-0.1, -0.05) is 0 Å². The monoisotopic (exact) mass is 356 g/mol. The number of nitrogens with zero attached hydrogens (tertiary/aromatic N) is 5. The van der Waals surface area contributed by atoms with Crippen LogP contribution >= 0.6 is 0 Å². The lowest BCUT2D eigenvalue weighted by molar-refractivity contribution is -0.384. The Morgan fingerprint density at radius 2 is 2.00 bits per heavy atom. The number of anilines is 3. The molecule has 2 atom stereocenters. The SMILES string of the molecule is O=C(O)N1C[C@H]2C[C@@H]1CN2c1ccc([N+](=O)[O-])c(Nc2ccncc2)n1. The second-order valence-electron chi connectivity index (χ2n) is 6.29. The topological polar surface area (TPSA) is 125 Å². The third-order valence-corrected chi connectivity index (χ3v) is 4.78. The molecule has 2 aromatic heterocycles. The molecule has 0 aliphatic carbocycles. The molecular formula is C16H16N6O4. The molecule has 2 N–H and O–H groups in total. The fraction of sp³-hybridized carbons (Fsp3) is 0.312. The van der Waals surface area contributed by atoms with Crippen molar-refractivity contribution in [3.05, 3.63) is 46.8 Å². The maximum atomic E-state index is 11.3. The van der Waals surface area contributed by atoms with Crippen molar-refractivity contribution in [1.29, 1.82) is 0 Å². The van der Waals surface area contributed by atoms with Gasteiger partial charge in [-0.3, -0.25) is 15.1 Å². The Bertz CT molecular complexity index is 861. The summed E-state index contributed by atoms with van der Waals surface area (Å²) in [6, 6.07) is 6.40. The quantitative estimate of drug-likeness (QED) is 0.630. The summed E-state index contributed by atoms with van der Waals surface area (Å²) in [5.74, 6) is 0.751. The van der Waals surface area contributed by atoms with E-state index in [2.05, 4.69) is 15.3 Å². The highest BCUT2D eigenvalue weighted by Crippen LogP contribution is 2.36. The van der Waals surface area contributed by atoms with Gasteiger partial charge in [0.05, 0.1) is 17.0 Å². The van der Waals surface area contributed by atoms with Crippen molar-refractivity contribution in [3.8, 4) is 0 Å². The van der Waals surface area contributed by atoms with Gasteiger partial charge >= 0.3 is 11.8 Å². The first kappa shape index (κ1) is 16.1. The zero-order valence-corrected chi connectivity index (χ0v) is 13.6. The Balaban J connectivity index is 1.62. The van der Waals surface area contributed by atoms with Crippen molar-refractivity contribution in [2.75, 3.05) is 23.3 Å². The van der Waals surface area contributed by atoms with Crippen molar-refractivity contribution in [1.82, 2.24) is 14.9 Å². The van der Waals surface area contributed by atoms with Gasteiger partial charge in [-0.25, -0.2) is 9.78 Å². The predicted molar refractivity (Wildman–Crippen MR) is 92.7 cm³/mol. The third kappa shape index (κ3) is 2.75. The van der Waals surface area contributed by atoms with Gasteiger partial charge in [0.1, 0.15) is 5.82 Å². The van der Waals surface area contributed by atoms with E-state index in [0.717, 1.165) is 6.42 Å². The summed E-state index contributed by atoms with van der Waals surface area (Å²) in [5.41, 5.74) is 0.523. The van der Waals surface area contributed by atoms with Crippen LogP contribution in [-0.4, -0.2) is 56.2 Å². The molecular weight excluding hydrogens is 340 g/mol. The fourth-order valence-electron chi connectivity index (χ4n) is 3.59. The van der Waals surface area contributed by atoms with Crippen LogP contribution in [0.4, 0.5) is 27.8 Å². The molecule has 4 heterocycles. The summed E-state index contributed by atoms with van der Waals surface area (Å²) in [6.45, 7) is 0.961. The number of amides is 1. The first-order chi connectivity index (χ1) is 12.5. The summed E-state index contributed by atoms with van der Waals surface area (Å²) in [6.07, 6.45) is 3.00. The van der Waals surface area contributed by atoms with Gasteiger partial charge in [0, 0.05) is 37.2 Å². The first-order valence-corrected chi connectivity index (χ1v) is 8.11. The summed E-state index contributed by atoms with van der Waals surface area (Å²) < 4.78 is 0. The molecule has 2 aromatic rings. The summed E-state index contributed by atoms with van der Waals surface area (Å²) in [7, 11) is 0. The van der Waals surface area contributed by atoms with E-state index in [9.17, 15) is 20.0 Å². The minimum atomic E-state index is -0.908. The summed E-state index contributed by atoms with van der Waals surface area (Å²) >= 11 is 0. The second kappa shape index (κ2) is 6.14. The van der Waals surface area contributed by atoms with Crippen molar-refractivity contribution < 1.29 is 14.8 Å². The smallest absolute Gasteiger partial charge is 0.407 e. The van der Waals surface area contributed by atoms with Gasteiger partial charge in [-0.2, -0.15) is 0 Å². The molecule has 2 aliphatic heterocycles. The molecule has 2 bridgehead atoms. The third-order valence-electron chi connectivity index (χ3n) is 4.78. The molecule has 10 heteroatoms. The lowest BCUT2D eigenvalue weighted by atomic mass is 10.2. The van der Waals surface area contributed by atoms with Crippen molar-refractivity contribution in [3.63, 3.8) is 0 Å². The average Bonchev–Trinajstić information content (AvgIpc) is 3.23. The lowest BCUT2D eigenvalue weighted by Gasteiger charge is -2.33. The highest BCUT2D eigenvalue weighted by molar-refractivity contribution is 5.69. The van der Waals surface area contributed by atoms with Crippen LogP contribution in [-0.2, 0) is 0 Å². The number of nitrogens with one attached hydrogen (secondary N) is 1. The molecule has 0 unspecified atom stereocenters. The van der Waals surface area contributed by atoms with Crippen LogP contribution in [0.25, 0.3) is 0 Å².